The van der Waals surface area contributed by atoms with E-state index in [4.69, 9.17) is 0 Å². The number of likely N-dealkylation sites (N-methyl/N-ethyl adjacent to an activating group) is 1. The van der Waals surface area contributed by atoms with E-state index in [1.807, 2.05) is 79.5 Å². The predicted octanol–water partition coefficient (Wildman–Crippen LogP) is 9.72. The summed E-state index contributed by atoms with van der Waals surface area (Å²) in [5.41, 5.74) is 7.65. The second-order valence-electron chi connectivity index (χ2n) is 14.7. The number of halogens is 1. The number of aryl methyl sites for hydroxylation is 3. The molecular weight excluding hydrogens is 666 g/mol. The summed E-state index contributed by atoms with van der Waals surface area (Å²) in [4.78, 5) is 1.97. The van der Waals surface area contributed by atoms with E-state index >= 15 is 0 Å². The van der Waals surface area contributed by atoms with Crippen molar-refractivity contribution in [2.45, 2.75) is 90.4 Å². The van der Waals surface area contributed by atoms with Crippen molar-refractivity contribution in [3.8, 4) is 5.75 Å². The second-order valence-corrected chi connectivity index (χ2v) is 14.7. The molecule has 0 spiro atoms. The van der Waals surface area contributed by atoms with Gasteiger partial charge in [-0.2, -0.15) is 0 Å². The van der Waals surface area contributed by atoms with Crippen LogP contribution in [0.3, 0.4) is 0 Å². The number of rotatable bonds is 16. The first kappa shape index (κ1) is 41.9. The fourth-order valence-electron chi connectivity index (χ4n) is 6.92. The minimum Gasteiger partial charge on any atom is -0.508 e. The van der Waals surface area contributed by atoms with Gasteiger partial charge in [-0.15, -0.1) is 6.58 Å². The zero-order valence-electron chi connectivity index (χ0n) is 33.2. The number of nitrogens with zero attached hydrogens (tertiary/aromatic N) is 2. The van der Waals surface area contributed by atoms with E-state index in [9.17, 15) is 9.50 Å². The Kier molecular flexibility index (Phi) is 16.4. The smallest absolute Gasteiger partial charge is 0.133 e. The highest BCUT2D eigenvalue weighted by atomic mass is 19.1. The molecule has 0 aliphatic heterocycles. The lowest BCUT2D eigenvalue weighted by atomic mass is 9.99. The van der Waals surface area contributed by atoms with E-state index in [1.54, 1.807) is 17.8 Å². The highest BCUT2D eigenvalue weighted by Gasteiger charge is 2.25. The predicted molar refractivity (Wildman–Crippen MR) is 230 cm³/mol. The minimum atomic E-state index is -1.02. The molecule has 54 heavy (non-hydrogen) atoms. The summed E-state index contributed by atoms with van der Waals surface area (Å²) in [6.07, 6.45) is 10.0. The number of benzene rings is 4. The van der Waals surface area contributed by atoms with E-state index in [1.165, 1.54) is 47.6 Å². The fraction of sp³-hybridized carbons (Fsp3) is 0.347. The van der Waals surface area contributed by atoms with Gasteiger partial charge >= 0.3 is 0 Å². The number of aromatic hydroxyl groups is 1. The quantitative estimate of drug-likeness (QED) is 0.0995. The number of aromatic nitrogens is 1. The molecule has 286 valence electrons. The third kappa shape index (κ3) is 12.3. The van der Waals surface area contributed by atoms with Gasteiger partial charge in [0, 0.05) is 41.1 Å². The van der Waals surface area contributed by atoms with Gasteiger partial charge in [0.25, 0.3) is 0 Å². The maximum atomic E-state index is 14.8. The number of hydrogen-bond acceptors (Lipinski definition) is 3. The maximum absolute atomic E-state index is 14.8. The van der Waals surface area contributed by atoms with Crippen LogP contribution >= 0.6 is 0 Å². The summed E-state index contributed by atoms with van der Waals surface area (Å²) in [7, 11) is 1.91. The Labute approximate surface area is 324 Å². The molecule has 1 saturated carbocycles. The van der Waals surface area contributed by atoms with Crippen LogP contribution < -0.4 is 16.0 Å². The molecular formula is C49H62FN3O. The van der Waals surface area contributed by atoms with Gasteiger partial charge < -0.3 is 19.9 Å². The summed E-state index contributed by atoms with van der Waals surface area (Å²) in [5.74, 6) is 1.21. The molecule has 1 aliphatic rings. The van der Waals surface area contributed by atoms with Crippen molar-refractivity contribution in [3.63, 3.8) is 0 Å². The van der Waals surface area contributed by atoms with Gasteiger partial charge in [0.05, 0.1) is 6.04 Å². The van der Waals surface area contributed by atoms with Crippen molar-refractivity contribution in [1.29, 1.82) is 0 Å². The van der Waals surface area contributed by atoms with Crippen LogP contribution in [0.2, 0.25) is 0 Å². The topological polar surface area (TPSA) is 40.4 Å². The first-order valence-electron chi connectivity index (χ1n) is 19.5. The molecule has 4 aromatic carbocycles. The van der Waals surface area contributed by atoms with Crippen LogP contribution in [-0.2, 0) is 25.8 Å². The number of allylic oxidation sites excluding steroid dienone is 1. The molecule has 1 heterocycles. The molecule has 5 aromatic rings. The molecule has 0 bridgehead atoms. The Balaban J connectivity index is 0.000000196. The van der Waals surface area contributed by atoms with E-state index in [0.717, 1.165) is 46.3 Å². The lowest BCUT2D eigenvalue weighted by Gasteiger charge is -2.26. The summed E-state index contributed by atoms with van der Waals surface area (Å²) < 4.78 is 17.0. The molecule has 0 amide bonds. The summed E-state index contributed by atoms with van der Waals surface area (Å²) >= 11 is 0. The molecule has 0 radical (unpaired) electrons. The van der Waals surface area contributed by atoms with Crippen molar-refractivity contribution >= 4 is 23.9 Å². The zero-order valence-corrected chi connectivity index (χ0v) is 33.2. The Morgan fingerprint density at radius 3 is 2.15 bits per heavy atom. The molecule has 1 aromatic heterocycles. The van der Waals surface area contributed by atoms with Gasteiger partial charge in [0.2, 0.25) is 0 Å². The number of phenolic OH excluding ortho intramolecular Hbond substituents is 1. The highest BCUT2D eigenvalue weighted by Crippen LogP contribution is 2.41. The lowest BCUT2D eigenvalue weighted by Crippen LogP contribution is -2.43. The van der Waals surface area contributed by atoms with Gasteiger partial charge in [-0.3, -0.25) is 0 Å². The molecule has 6 rings (SSSR count). The van der Waals surface area contributed by atoms with Gasteiger partial charge in [-0.05, 0) is 111 Å². The Morgan fingerprint density at radius 1 is 0.889 bits per heavy atom. The van der Waals surface area contributed by atoms with Crippen molar-refractivity contribution < 1.29 is 9.50 Å². The summed E-state index contributed by atoms with van der Waals surface area (Å²) in [5, 5.41) is 17.5. The van der Waals surface area contributed by atoms with Crippen LogP contribution in [-0.4, -0.2) is 46.9 Å². The zero-order chi connectivity index (χ0) is 39.0. The van der Waals surface area contributed by atoms with Crippen molar-refractivity contribution in [3.05, 3.63) is 161 Å². The molecule has 2 atom stereocenters. The van der Waals surface area contributed by atoms with E-state index in [2.05, 4.69) is 80.4 Å². The molecule has 1 aliphatic carbocycles. The van der Waals surface area contributed by atoms with Crippen LogP contribution in [0.4, 0.5) is 4.39 Å². The van der Waals surface area contributed by atoms with E-state index in [-0.39, 0.29) is 6.04 Å². The first-order chi connectivity index (χ1) is 26.1. The van der Waals surface area contributed by atoms with Crippen molar-refractivity contribution in [2.75, 3.05) is 20.1 Å². The summed E-state index contributed by atoms with van der Waals surface area (Å²) in [6.45, 7) is 24.0. The molecule has 5 heteroatoms. The molecule has 2 N–H and O–H groups in total. The normalized spacial score (nSPS) is 13.3. The average Bonchev–Trinajstić information content (AvgIpc) is 3.98. The van der Waals surface area contributed by atoms with E-state index in [0.29, 0.717) is 31.7 Å². The lowest BCUT2D eigenvalue weighted by molar-refractivity contribution is 0.183. The molecule has 4 nitrogen and oxygen atoms in total. The molecule has 1 unspecified atom stereocenters. The van der Waals surface area contributed by atoms with Gasteiger partial charge in [-0.1, -0.05) is 124 Å². The molecule has 1 fully saturated rings. The van der Waals surface area contributed by atoms with Crippen LogP contribution in [0.15, 0.2) is 116 Å². The van der Waals surface area contributed by atoms with Gasteiger partial charge in [0.15, 0.2) is 0 Å². The summed E-state index contributed by atoms with van der Waals surface area (Å²) in [6, 6.07) is 30.5. The fourth-order valence-corrected chi connectivity index (χ4v) is 6.92. The Hall–Kier alpha value is -4.87. The number of fused-ring (bicyclic) bond motifs is 1. The standard InChI is InChI=1S/C22H29FN2O.C14H15N.C13H18/c1-4-24-21(15-18-8-6-5-7-9-18)20(23)16-25(3)13-12-19-11-10-17(2)14-22(19)26;1-4-5-10-15-11(2)13-8-6-7-9-14(13)12(15)3;1-3-4-11-6-5-10(2)13(9-11)12-7-8-12/h4-11,14,20-21,24,26H,1,12-13,15-16H2,2-3H3;4,6-9H,1-3,5,10H2;5-6,9,12H,3-4,7-8H2,1-2H3/t20?,21-;;/m0../s1. The number of alkyl halides is 1. The Morgan fingerprint density at radius 2 is 1.56 bits per heavy atom. The van der Waals surface area contributed by atoms with Crippen LogP contribution in [0.1, 0.15) is 71.9 Å². The Bertz CT molecular complexity index is 1980. The first-order valence-corrected chi connectivity index (χ1v) is 19.5. The monoisotopic (exact) mass is 727 g/mol. The van der Waals surface area contributed by atoms with Crippen molar-refractivity contribution in [1.82, 2.24) is 14.8 Å². The van der Waals surface area contributed by atoms with Crippen LogP contribution in [0.25, 0.3) is 23.9 Å². The second kappa shape index (κ2) is 21.1. The average molecular weight is 728 g/mol. The van der Waals surface area contributed by atoms with Crippen LogP contribution in [0, 0.1) is 13.8 Å². The highest BCUT2D eigenvalue weighted by molar-refractivity contribution is 5.83. The van der Waals surface area contributed by atoms with Gasteiger partial charge in [0.1, 0.15) is 11.9 Å². The largest absolute Gasteiger partial charge is 0.508 e. The number of hydrogen-bond donors (Lipinski definition) is 2. The third-order valence-corrected chi connectivity index (χ3v) is 10.2. The minimum absolute atomic E-state index is 0.311. The van der Waals surface area contributed by atoms with Crippen molar-refractivity contribution in [2.24, 2.45) is 0 Å². The maximum Gasteiger partial charge on any atom is 0.133 e. The third-order valence-electron chi connectivity index (χ3n) is 10.2. The van der Waals surface area contributed by atoms with Gasteiger partial charge in [-0.25, -0.2) is 4.39 Å². The molecule has 0 saturated heterocycles. The SMILES string of the molecule is C=CCCn1c(=C)c2ccccc2c1=C.C=CN[C@@H](Cc1ccccc1)C(F)CN(C)CCc1ccc(C)cc1O.CCCc1ccc(C)c(C2CC2)c1. The number of phenols is 1. The van der Waals surface area contributed by atoms with E-state index < -0.39 is 6.17 Å². The van der Waals surface area contributed by atoms with Crippen LogP contribution in [0.5, 0.6) is 5.75 Å². The number of nitrogens with one attached hydrogen (secondary N) is 1.